The number of halogens is 3. The predicted octanol–water partition coefficient (Wildman–Crippen LogP) is 5.57. The average Bonchev–Trinajstić information content (AvgIpc) is 3.28. The maximum Gasteiger partial charge on any atom is 0.416 e. The highest BCUT2D eigenvalue weighted by Crippen LogP contribution is 2.41. The Bertz CT molecular complexity index is 1330. The SMILES string of the molecule is COc1ccc(C2C(C(=O)c3sc(C)nc3C)=C(O)C(=O)N2Cc2cccc(C(F)(F)F)c2)cc1. The van der Waals surface area contributed by atoms with E-state index in [0.717, 1.165) is 23.5 Å². The van der Waals surface area contributed by atoms with Gasteiger partial charge < -0.3 is 14.7 Å². The molecule has 1 amide bonds. The number of carbonyl (C=O) groups is 2. The van der Waals surface area contributed by atoms with Crippen LogP contribution in [0.1, 0.15) is 43.1 Å². The molecule has 1 unspecified atom stereocenters. The third-order valence-electron chi connectivity index (χ3n) is 5.70. The van der Waals surface area contributed by atoms with Gasteiger partial charge in [0.25, 0.3) is 5.91 Å². The van der Waals surface area contributed by atoms with Crippen LogP contribution in [0.25, 0.3) is 0 Å². The van der Waals surface area contributed by atoms with Crippen LogP contribution >= 0.6 is 11.3 Å². The summed E-state index contributed by atoms with van der Waals surface area (Å²) in [5, 5.41) is 11.4. The normalized spacial score (nSPS) is 16.2. The summed E-state index contributed by atoms with van der Waals surface area (Å²) in [6, 6.07) is 10.2. The van der Waals surface area contributed by atoms with Crippen molar-refractivity contribution < 1.29 is 32.6 Å². The van der Waals surface area contributed by atoms with Crippen LogP contribution in [0.5, 0.6) is 5.75 Å². The number of rotatable bonds is 6. The van der Waals surface area contributed by atoms with Crippen LogP contribution in [0.2, 0.25) is 0 Å². The summed E-state index contributed by atoms with van der Waals surface area (Å²) in [7, 11) is 1.49. The smallest absolute Gasteiger partial charge is 0.416 e. The molecule has 1 aliphatic heterocycles. The second-order valence-electron chi connectivity index (χ2n) is 8.05. The summed E-state index contributed by atoms with van der Waals surface area (Å²) in [6.45, 7) is 3.15. The Labute approximate surface area is 203 Å². The molecule has 1 aromatic heterocycles. The van der Waals surface area contributed by atoms with Crippen LogP contribution in [0.3, 0.4) is 0 Å². The zero-order valence-corrected chi connectivity index (χ0v) is 19.8. The molecule has 0 saturated carbocycles. The molecule has 1 N–H and O–H groups in total. The van der Waals surface area contributed by atoms with Crippen LogP contribution in [0.4, 0.5) is 13.2 Å². The van der Waals surface area contributed by atoms with Crippen LogP contribution in [-0.2, 0) is 17.5 Å². The van der Waals surface area contributed by atoms with Gasteiger partial charge in [-0.05, 0) is 49.2 Å². The third kappa shape index (κ3) is 4.66. The van der Waals surface area contributed by atoms with Gasteiger partial charge in [0, 0.05) is 6.54 Å². The largest absolute Gasteiger partial charge is 0.503 e. The number of hydrogen-bond acceptors (Lipinski definition) is 6. The molecular weight excluding hydrogens is 481 g/mol. The number of Topliss-reactive ketones (excluding diaryl/α,β-unsaturated/α-hetero) is 1. The number of amides is 1. The van der Waals surface area contributed by atoms with E-state index in [2.05, 4.69) is 4.98 Å². The number of aryl methyl sites for hydroxylation is 2. The molecule has 1 atom stereocenters. The number of aromatic nitrogens is 1. The first-order chi connectivity index (χ1) is 16.5. The van der Waals surface area contributed by atoms with Crippen molar-refractivity contribution >= 4 is 23.0 Å². The Morgan fingerprint density at radius 3 is 2.43 bits per heavy atom. The lowest BCUT2D eigenvalue weighted by atomic mass is 9.94. The maximum atomic E-state index is 13.5. The van der Waals surface area contributed by atoms with Gasteiger partial charge >= 0.3 is 6.18 Å². The molecule has 3 aromatic rings. The second-order valence-corrected chi connectivity index (χ2v) is 9.25. The molecule has 0 fully saturated rings. The van der Waals surface area contributed by atoms with Crippen molar-refractivity contribution in [2.24, 2.45) is 0 Å². The van der Waals surface area contributed by atoms with Gasteiger partial charge in [0.1, 0.15) is 5.75 Å². The van der Waals surface area contributed by atoms with Crippen molar-refractivity contribution in [3.63, 3.8) is 0 Å². The highest BCUT2D eigenvalue weighted by Gasteiger charge is 2.44. The molecule has 182 valence electrons. The standard InChI is InChI=1S/C25H21F3N2O4S/c1-13-23(35-14(2)29-13)21(31)19-20(16-7-9-18(34-3)10-8-16)30(24(33)22(19)32)12-15-5-4-6-17(11-15)25(26,27)28/h4-11,20,32H,12H2,1-3H3. The minimum Gasteiger partial charge on any atom is -0.503 e. The van der Waals surface area contributed by atoms with Gasteiger partial charge in [0.15, 0.2) is 5.76 Å². The van der Waals surface area contributed by atoms with Gasteiger partial charge in [-0.3, -0.25) is 9.59 Å². The van der Waals surface area contributed by atoms with Crippen molar-refractivity contribution in [2.75, 3.05) is 7.11 Å². The Morgan fingerprint density at radius 2 is 1.86 bits per heavy atom. The van der Waals surface area contributed by atoms with Crippen molar-refractivity contribution in [1.82, 2.24) is 9.88 Å². The summed E-state index contributed by atoms with van der Waals surface area (Å²) in [6.07, 6.45) is -4.55. The van der Waals surface area contributed by atoms with Crippen molar-refractivity contribution in [3.05, 3.63) is 92.1 Å². The van der Waals surface area contributed by atoms with E-state index in [4.69, 9.17) is 4.74 Å². The number of benzene rings is 2. The summed E-state index contributed by atoms with van der Waals surface area (Å²) in [5.74, 6) is -1.58. The molecule has 0 bridgehead atoms. The van der Waals surface area contributed by atoms with E-state index >= 15 is 0 Å². The van der Waals surface area contributed by atoms with Gasteiger partial charge in [0.2, 0.25) is 5.78 Å². The predicted molar refractivity (Wildman–Crippen MR) is 123 cm³/mol. The number of aliphatic hydroxyl groups excluding tert-OH is 1. The molecule has 1 aliphatic rings. The molecule has 10 heteroatoms. The number of methoxy groups -OCH3 is 1. The van der Waals surface area contributed by atoms with Gasteiger partial charge in [-0.15, -0.1) is 11.3 Å². The van der Waals surface area contributed by atoms with Crippen LogP contribution in [0.15, 0.2) is 59.9 Å². The lowest BCUT2D eigenvalue weighted by Gasteiger charge is -2.27. The summed E-state index contributed by atoms with van der Waals surface area (Å²) >= 11 is 1.15. The summed E-state index contributed by atoms with van der Waals surface area (Å²) in [5.41, 5.74) is 0.177. The fraction of sp³-hybridized carbons (Fsp3) is 0.240. The highest BCUT2D eigenvalue weighted by molar-refractivity contribution is 7.14. The van der Waals surface area contributed by atoms with E-state index in [1.54, 1.807) is 38.1 Å². The van der Waals surface area contributed by atoms with Crippen LogP contribution in [-0.4, -0.2) is 33.8 Å². The number of alkyl halides is 3. The Balaban J connectivity index is 1.80. The third-order valence-corrected chi connectivity index (χ3v) is 6.77. The molecule has 2 aromatic carbocycles. The summed E-state index contributed by atoms with van der Waals surface area (Å²) in [4.78, 5) is 32.4. The number of aliphatic hydroxyl groups is 1. The molecule has 0 aliphatic carbocycles. The van der Waals surface area contributed by atoms with Gasteiger partial charge in [0.05, 0.1) is 39.9 Å². The van der Waals surface area contributed by atoms with Crippen molar-refractivity contribution in [1.29, 1.82) is 0 Å². The first-order valence-corrected chi connectivity index (χ1v) is 11.4. The maximum absolute atomic E-state index is 13.5. The Kier molecular flexibility index (Phi) is 6.42. The number of hydrogen-bond donors (Lipinski definition) is 1. The van der Waals surface area contributed by atoms with Crippen molar-refractivity contribution in [3.8, 4) is 5.75 Å². The molecule has 0 spiro atoms. The summed E-state index contributed by atoms with van der Waals surface area (Å²) < 4.78 is 44.9. The molecule has 0 radical (unpaired) electrons. The quantitative estimate of drug-likeness (QED) is 0.446. The monoisotopic (exact) mass is 502 g/mol. The number of thiazole rings is 1. The lowest BCUT2D eigenvalue weighted by molar-refractivity contribution is -0.137. The Morgan fingerprint density at radius 1 is 1.17 bits per heavy atom. The van der Waals surface area contributed by atoms with E-state index in [1.165, 1.54) is 24.1 Å². The fourth-order valence-corrected chi connectivity index (χ4v) is 4.96. The van der Waals surface area contributed by atoms with Gasteiger partial charge in [-0.25, -0.2) is 4.98 Å². The lowest BCUT2D eigenvalue weighted by Crippen LogP contribution is -2.30. The number of nitrogens with zero attached hydrogens (tertiary/aromatic N) is 2. The highest BCUT2D eigenvalue weighted by atomic mass is 32.1. The number of carbonyl (C=O) groups excluding carboxylic acids is 2. The topological polar surface area (TPSA) is 79.7 Å². The van der Waals surface area contributed by atoms with E-state index in [1.807, 2.05) is 0 Å². The minimum absolute atomic E-state index is 0.140. The van der Waals surface area contributed by atoms with Crippen LogP contribution < -0.4 is 4.74 Å². The Hall–Kier alpha value is -3.66. The molecular formula is C25H21F3N2O4S. The van der Waals surface area contributed by atoms with E-state index in [9.17, 15) is 27.9 Å². The second kappa shape index (κ2) is 9.18. The van der Waals surface area contributed by atoms with Gasteiger partial charge in [-0.1, -0.05) is 24.3 Å². The first-order valence-electron chi connectivity index (χ1n) is 10.5. The molecule has 35 heavy (non-hydrogen) atoms. The zero-order valence-electron chi connectivity index (χ0n) is 19.0. The molecule has 0 saturated heterocycles. The van der Waals surface area contributed by atoms with Gasteiger partial charge in [-0.2, -0.15) is 13.2 Å². The van der Waals surface area contributed by atoms with Crippen LogP contribution in [0, 0.1) is 13.8 Å². The molecule has 2 heterocycles. The number of ether oxygens (including phenoxy) is 1. The number of ketones is 1. The minimum atomic E-state index is -4.55. The van der Waals surface area contributed by atoms with E-state index in [0.29, 0.717) is 22.0 Å². The van der Waals surface area contributed by atoms with Crippen molar-refractivity contribution in [2.45, 2.75) is 32.6 Å². The zero-order chi connectivity index (χ0) is 25.5. The molecule has 6 nitrogen and oxygen atoms in total. The van der Waals surface area contributed by atoms with E-state index in [-0.39, 0.29) is 22.6 Å². The first kappa shape index (κ1) is 24.5. The average molecular weight is 503 g/mol. The van der Waals surface area contributed by atoms with E-state index < -0.39 is 35.2 Å². The fourth-order valence-electron chi connectivity index (χ4n) is 4.09. The molecule has 4 rings (SSSR count).